The number of carbonyl (C=O) groups excluding carboxylic acids is 1. The molecule has 0 fully saturated rings. The molecular weight excluding hydrogens is 228 g/mol. The molecule has 0 radical (unpaired) electrons. The number of amides is 1. The number of carbonyl (C=O) groups is 1. The summed E-state index contributed by atoms with van der Waals surface area (Å²) in [5.74, 6) is 0.495. The van der Waals surface area contributed by atoms with Crippen molar-refractivity contribution in [3.8, 4) is 0 Å². The van der Waals surface area contributed by atoms with E-state index in [-0.39, 0.29) is 5.91 Å². The highest BCUT2D eigenvalue weighted by molar-refractivity contribution is 6.29. The van der Waals surface area contributed by atoms with Crippen molar-refractivity contribution in [2.24, 2.45) is 0 Å². The maximum Gasteiger partial charge on any atom is 0.251 e. The Labute approximate surface area is 97.2 Å². The summed E-state index contributed by atoms with van der Waals surface area (Å²) < 4.78 is 5.09. The van der Waals surface area contributed by atoms with Gasteiger partial charge in [0.2, 0.25) is 0 Å². The summed E-state index contributed by atoms with van der Waals surface area (Å²) in [4.78, 5) is 15.5. The van der Waals surface area contributed by atoms with E-state index in [0.29, 0.717) is 23.0 Å². The topological polar surface area (TPSA) is 55.1 Å². The lowest BCUT2D eigenvalue weighted by atomic mass is 10.2. The molecule has 2 heterocycles. The summed E-state index contributed by atoms with van der Waals surface area (Å²) in [6, 6.07) is 6.67. The first-order chi connectivity index (χ1) is 7.75. The van der Waals surface area contributed by atoms with Crippen molar-refractivity contribution in [3.05, 3.63) is 53.2 Å². The van der Waals surface area contributed by atoms with Crippen LogP contribution in [0.2, 0.25) is 5.15 Å². The Morgan fingerprint density at radius 3 is 3.06 bits per heavy atom. The minimum atomic E-state index is -0.208. The lowest BCUT2D eigenvalue weighted by Crippen LogP contribution is -2.22. The number of hydrogen-bond donors (Lipinski definition) is 1. The van der Waals surface area contributed by atoms with E-state index < -0.39 is 0 Å². The number of halogens is 1. The molecule has 0 spiro atoms. The molecule has 4 nitrogen and oxygen atoms in total. The van der Waals surface area contributed by atoms with Crippen molar-refractivity contribution in [3.63, 3.8) is 0 Å². The van der Waals surface area contributed by atoms with Crippen molar-refractivity contribution in [1.82, 2.24) is 10.3 Å². The molecule has 16 heavy (non-hydrogen) atoms. The second-order valence-corrected chi connectivity index (χ2v) is 3.52. The summed E-state index contributed by atoms with van der Waals surface area (Å²) in [6.45, 7) is 0.353. The molecule has 0 unspecified atom stereocenters. The zero-order valence-electron chi connectivity index (χ0n) is 8.31. The molecule has 0 aliphatic heterocycles. The molecule has 2 aromatic heterocycles. The van der Waals surface area contributed by atoms with Crippen LogP contribution in [0.15, 0.2) is 41.1 Å². The van der Waals surface area contributed by atoms with E-state index in [2.05, 4.69) is 10.3 Å². The van der Waals surface area contributed by atoms with Crippen molar-refractivity contribution >= 4 is 17.5 Å². The number of pyridine rings is 1. The van der Waals surface area contributed by atoms with Gasteiger partial charge in [0.1, 0.15) is 10.9 Å². The van der Waals surface area contributed by atoms with Gasteiger partial charge in [0.25, 0.3) is 5.91 Å². The monoisotopic (exact) mass is 236 g/mol. The van der Waals surface area contributed by atoms with Crippen LogP contribution in [0.5, 0.6) is 0 Å². The summed E-state index contributed by atoms with van der Waals surface area (Å²) in [5.41, 5.74) is 0.478. The van der Waals surface area contributed by atoms with Gasteiger partial charge in [-0.1, -0.05) is 11.6 Å². The van der Waals surface area contributed by atoms with Gasteiger partial charge in [-0.25, -0.2) is 4.98 Å². The fourth-order valence-corrected chi connectivity index (χ4v) is 1.40. The Morgan fingerprint density at radius 1 is 1.50 bits per heavy atom. The molecule has 0 atom stereocenters. The number of aromatic nitrogens is 1. The van der Waals surface area contributed by atoms with Crippen LogP contribution in [0.1, 0.15) is 16.1 Å². The Bertz CT molecular complexity index is 482. The zero-order chi connectivity index (χ0) is 11.4. The van der Waals surface area contributed by atoms with Crippen molar-refractivity contribution in [2.45, 2.75) is 6.54 Å². The summed E-state index contributed by atoms with van der Waals surface area (Å²) >= 11 is 5.68. The fraction of sp³-hybridized carbons (Fsp3) is 0.0909. The van der Waals surface area contributed by atoms with Gasteiger partial charge in [0.15, 0.2) is 0 Å². The predicted molar refractivity (Wildman–Crippen MR) is 59.1 cm³/mol. The van der Waals surface area contributed by atoms with E-state index in [4.69, 9.17) is 16.0 Å². The van der Waals surface area contributed by atoms with Crippen molar-refractivity contribution < 1.29 is 9.21 Å². The normalized spacial score (nSPS) is 10.1. The third kappa shape index (κ3) is 2.61. The highest BCUT2D eigenvalue weighted by Crippen LogP contribution is 2.07. The van der Waals surface area contributed by atoms with Crippen LogP contribution in [0.3, 0.4) is 0 Å². The standard InChI is InChI=1S/C11H9ClN2O2/c12-10-6-8(3-4-13-10)11(15)14-7-9-2-1-5-16-9/h1-6H,7H2,(H,14,15). The molecule has 2 rings (SSSR count). The molecule has 0 aromatic carbocycles. The largest absolute Gasteiger partial charge is 0.467 e. The Kier molecular flexibility index (Phi) is 3.22. The van der Waals surface area contributed by atoms with Gasteiger partial charge in [0.05, 0.1) is 12.8 Å². The van der Waals surface area contributed by atoms with Crippen LogP contribution in [0, 0.1) is 0 Å². The molecule has 1 N–H and O–H groups in total. The third-order valence-electron chi connectivity index (χ3n) is 1.99. The smallest absolute Gasteiger partial charge is 0.251 e. The summed E-state index contributed by atoms with van der Waals surface area (Å²) in [6.07, 6.45) is 3.05. The maximum atomic E-state index is 11.7. The van der Waals surface area contributed by atoms with Gasteiger partial charge in [0, 0.05) is 11.8 Å². The molecule has 82 valence electrons. The van der Waals surface area contributed by atoms with Gasteiger partial charge in [-0.3, -0.25) is 4.79 Å². The first-order valence-electron chi connectivity index (χ1n) is 4.68. The molecular formula is C11H9ClN2O2. The number of furan rings is 1. The van der Waals surface area contributed by atoms with Crippen molar-refractivity contribution in [2.75, 3.05) is 0 Å². The number of nitrogens with zero attached hydrogens (tertiary/aromatic N) is 1. The van der Waals surface area contributed by atoms with E-state index >= 15 is 0 Å². The summed E-state index contributed by atoms with van der Waals surface area (Å²) in [7, 11) is 0. The molecule has 5 heteroatoms. The SMILES string of the molecule is O=C(NCc1ccco1)c1ccnc(Cl)c1. The second-order valence-electron chi connectivity index (χ2n) is 3.13. The van der Waals surface area contributed by atoms with E-state index in [9.17, 15) is 4.79 Å². The van der Waals surface area contributed by atoms with Gasteiger partial charge < -0.3 is 9.73 Å². The van der Waals surface area contributed by atoms with Crippen LogP contribution in [-0.4, -0.2) is 10.9 Å². The van der Waals surface area contributed by atoms with Gasteiger partial charge in [-0.05, 0) is 24.3 Å². The molecule has 0 aliphatic rings. The Morgan fingerprint density at radius 2 is 2.38 bits per heavy atom. The molecule has 1 amide bonds. The fourth-order valence-electron chi connectivity index (χ4n) is 1.23. The van der Waals surface area contributed by atoms with Crippen LogP contribution >= 0.6 is 11.6 Å². The van der Waals surface area contributed by atoms with Crippen LogP contribution in [0.4, 0.5) is 0 Å². The predicted octanol–water partition coefficient (Wildman–Crippen LogP) is 2.26. The highest BCUT2D eigenvalue weighted by Gasteiger charge is 2.06. The van der Waals surface area contributed by atoms with Gasteiger partial charge in [-0.15, -0.1) is 0 Å². The van der Waals surface area contributed by atoms with E-state index in [1.807, 2.05) is 0 Å². The lowest BCUT2D eigenvalue weighted by molar-refractivity contribution is 0.0948. The number of hydrogen-bond acceptors (Lipinski definition) is 3. The lowest BCUT2D eigenvalue weighted by Gasteiger charge is -2.02. The summed E-state index contributed by atoms with van der Waals surface area (Å²) in [5, 5.41) is 3.01. The maximum absolute atomic E-state index is 11.7. The van der Waals surface area contributed by atoms with E-state index in [0.717, 1.165) is 0 Å². The molecule has 2 aromatic rings. The van der Waals surface area contributed by atoms with E-state index in [1.165, 1.54) is 12.3 Å². The molecule has 0 saturated carbocycles. The van der Waals surface area contributed by atoms with Crippen LogP contribution in [-0.2, 0) is 6.54 Å². The Hall–Kier alpha value is -1.81. The number of nitrogens with one attached hydrogen (secondary N) is 1. The average molecular weight is 237 g/mol. The van der Waals surface area contributed by atoms with Crippen LogP contribution in [0.25, 0.3) is 0 Å². The van der Waals surface area contributed by atoms with Gasteiger partial charge in [-0.2, -0.15) is 0 Å². The molecule has 0 bridgehead atoms. The van der Waals surface area contributed by atoms with Gasteiger partial charge >= 0.3 is 0 Å². The third-order valence-corrected chi connectivity index (χ3v) is 2.20. The first kappa shape index (κ1) is 10.7. The first-order valence-corrected chi connectivity index (χ1v) is 5.05. The van der Waals surface area contributed by atoms with Crippen LogP contribution < -0.4 is 5.32 Å². The minimum absolute atomic E-state index is 0.208. The highest BCUT2D eigenvalue weighted by atomic mass is 35.5. The quantitative estimate of drug-likeness (QED) is 0.832. The molecule has 0 aliphatic carbocycles. The minimum Gasteiger partial charge on any atom is -0.467 e. The second kappa shape index (κ2) is 4.81. The number of rotatable bonds is 3. The Balaban J connectivity index is 1.98. The average Bonchev–Trinajstić information content (AvgIpc) is 2.78. The van der Waals surface area contributed by atoms with Crippen molar-refractivity contribution in [1.29, 1.82) is 0 Å². The van der Waals surface area contributed by atoms with E-state index in [1.54, 1.807) is 24.5 Å². The molecule has 0 saturated heterocycles. The zero-order valence-corrected chi connectivity index (χ0v) is 9.07.